The Morgan fingerprint density at radius 1 is 1.41 bits per heavy atom. The number of hydrogen-bond acceptors (Lipinski definition) is 3. The first-order valence-electron chi connectivity index (χ1n) is 7.22. The van der Waals surface area contributed by atoms with Crippen molar-refractivity contribution in [1.29, 1.82) is 0 Å². The van der Waals surface area contributed by atoms with Gasteiger partial charge in [0.05, 0.1) is 12.6 Å². The van der Waals surface area contributed by atoms with Crippen LogP contribution in [0.15, 0.2) is 36.5 Å². The number of rotatable bonds is 5. The number of nitrogens with one attached hydrogen (secondary N) is 2. The van der Waals surface area contributed by atoms with Crippen LogP contribution in [0.3, 0.4) is 0 Å². The molecule has 1 saturated heterocycles. The molecule has 22 heavy (non-hydrogen) atoms. The second-order valence-electron chi connectivity index (χ2n) is 5.12. The highest BCUT2D eigenvalue weighted by Gasteiger charge is 2.39. The van der Waals surface area contributed by atoms with Gasteiger partial charge in [0.15, 0.2) is 0 Å². The van der Waals surface area contributed by atoms with E-state index >= 15 is 0 Å². The van der Waals surface area contributed by atoms with Crippen molar-refractivity contribution in [3.63, 3.8) is 0 Å². The fourth-order valence-electron chi connectivity index (χ4n) is 2.36. The molecule has 0 bridgehead atoms. The summed E-state index contributed by atoms with van der Waals surface area (Å²) in [4.78, 5) is 23.9. The lowest BCUT2D eigenvalue weighted by molar-refractivity contribution is -0.148. The van der Waals surface area contributed by atoms with Crippen LogP contribution < -0.4 is 10.6 Å². The van der Waals surface area contributed by atoms with Gasteiger partial charge in [0, 0.05) is 11.3 Å². The highest BCUT2D eigenvalue weighted by Crippen LogP contribution is 2.31. The molecule has 1 aromatic carbocycles. The second kappa shape index (κ2) is 7.06. The van der Waals surface area contributed by atoms with Crippen molar-refractivity contribution in [3.8, 4) is 0 Å². The van der Waals surface area contributed by atoms with Crippen molar-refractivity contribution in [2.24, 2.45) is 5.92 Å². The molecule has 1 aliphatic rings. The molecule has 2 rings (SSSR count). The summed E-state index contributed by atoms with van der Waals surface area (Å²) in [6, 6.07) is 4.66. The van der Waals surface area contributed by atoms with Gasteiger partial charge in [0.25, 0.3) is 0 Å². The maximum absolute atomic E-state index is 14.0. The van der Waals surface area contributed by atoms with Crippen molar-refractivity contribution < 1.29 is 18.7 Å². The minimum absolute atomic E-state index is 0.207. The lowest BCUT2D eigenvalue weighted by atomic mass is 9.89. The van der Waals surface area contributed by atoms with Gasteiger partial charge < -0.3 is 15.4 Å². The minimum Gasteiger partial charge on any atom is -0.465 e. The van der Waals surface area contributed by atoms with Crippen LogP contribution >= 0.6 is 0 Å². The zero-order valence-electron chi connectivity index (χ0n) is 12.4. The smallest absolute Gasteiger partial charge is 0.319 e. The molecular formula is C16H19FN2O3. The van der Waals surface area contributed by atoms with Crippen molar-refractivity contribution >= 4 is 12.0 Å². The molecule has 2 amide bonds. The van der Waals surface area contributed by atoms with E-state index in [9.17, 15) is 14.0 Å². The molecule has 5 nitrogen and oxygen atoms in total. The summed E-state index contributed by atoms with van der Waals surface area (Å²) in [7, 11) is 0. The Morgan fingerprint density at radius 3 is 2.82 bits per heavy atom. The van der Waals surface area contributed by atoms with Gasteiger partial charge in [-0.25, -0.2) is 9.18 Å². The number of esters is 1. The molecule has 0 spiro atoms. The molecule has 0 unspecified atom stereocenters. The molecule has 1 fully saturated rings. The average molecular weight is 306 g/mol. The van der Waals surface area contributed by atoms with E-state index in [0.29, 0.717) is 0 Å². The molecule has 0 aromatic heterocycles. The van der Waals surface area contributed by atoms with E-state index in [0.717, 1.165) is 12.8 Å². The van der Waals surface area contributed by atoms with Crippen molar-refractivity contribution in [1.82, 2.24) is 10.6 Å². The highest BCUT2D eigenvalue weighted by molar-refractivity contribution is 5.85. The van der Waals surface area contributed by atoms with Crippen LogP contribution in [0.2, 0.25) is 0 Å². The number of halogens is 1. The van der Waals surface area contributed by atoms with E-state index in [1.54, 1.807) is 12.1 Å². The number of hydrogen-bond donors (Lipinski definition) is 2. The van der Waals surface area contributed by atoms with Crippen LogP contribution in [0.4, 0.5) is 9.18 Å². The predicted octanol–water partition coefficient (Wildman–Crippen LogP) is 2.65. The van der Waals surface area contributed by atoms with E-state index in [4.69, 9.17) is 4.74 Å². The zero-order chi connectivity index (χ0) is 16.1. The normalized spacial score (nSPS) is 21.0. The fraction of sp³-hybridized carbons (Fsp3) is 0.375. The van der Waals surface area contributed by atoms with Crippen LogP contribution in [0, 0.1) is 11.7 Å². The Bertz CT molecular complexity index is 589. The molecule has 118 valence electrons. The Labute approximate surface area is 128 Å². The summed E-state index contributed by atoms with van der Waals surface area (Å²) >= 11 is 0. The van der Waals surface area contributed by atoms with Gasteiger partial charge in [-0.1, -0.05) is 38.1 Å². The standard InChI is InChI=1S/C16H19FN2O3/c1-3-4-9-22-15(20)13-10(2)18-16(21)19-14(13)11-7-5-6-8-12(11)17/h5-8,13-14H,2-4,9H2,1H3,(H2,18,19,21)/t13-,14+/m0/s1. The minimum atomic E-state index is -0.869. The monoisotopic (exact) mass is 306 g/mol. The zero-order valence-corrected chi connectivity index (χ0v) is 12.4. The first kappa shape index (κ1) is 16.0. The second-order valence-corrected chi connectivity index (χ2v) is 5.12. The topological polar surface area (TPSA) is 67.4 Å². The number of amides is 2. The van der Waals surface area contributed by atoms with Crippen LogP contribution in [0.1, 0.15) is 31.4 Å². The molecule has 1 heterocycles. The lowest BCUT2D eigenvalue weighted by Crippen LogP contribution is -2.51. The van der Waals surface area contributed by atoms with Crippen molar-refractivity contribution in [2.45, 2.75) is 25.8 Å². The molecule has 2 N–H and O–H groups in total. The molecule has 0 aliphatic carbocycles. The summed E-state index contributed by atoms with van der Waals surface area (Å²) in [6.07, 6.45) is 1.64. The van der Waals surface area contributed by atoms with Crippen molar-refractivity contribution in [3.05, 3.63) is 47.9 Å². The van der Waals surface area contributed by atoms with Crippen LogP contribution in [-0.4, -0.2) is 18.6 Å². The number of ether oxygens (including phenoxy) is 1. The van der Waals surface area contributed by atoms with Gasteiger partial charge in [-0.05, 0) is 12.5 Å². The summed E-state index contributed by atoms with van der Waals surface area (Å²) < 4.78 is 19.2. The van der Waals surface area contributed by atoms with Crippen molar-refractivity contribution in [2.75, 3.05) is 6.61 Å². The molecule has 0 saturated carbocycles. The van der Waals surface area contributed by atoms with E-state index in [-0.39, 0.29) is 17.9 Å². The van der Waals surface area contributed by atoms with Crippen LogP contribution in [-0.2, 0) is 9.53 Å². The summed E-state index contributed by atoms with van der Waals surface area (Å²) in [6.45, 7) is 5.98. The maximum Gasteiger partial charge on any atom is 0.319 e. The Morgan fingerprint density at radius 2 is 2.14 bits per heavy atom. The summed E-state index contributed by atoms with van der Waals surface area (Å²) in [5, 5.41) is 5.03. The molecule has 0 radical (unpaired) electrons. The van der Waals surface area contributed by atoms with Gasteiger partial charge in [0.2, 0.25) is 0 Å². The van der Waals surface area contributed by atoms with Gasteiger partial charge in [-0.3, -0.25) is 4.79 Å². The largest absolute Gasteiger partial charge is 0.465 e. The molecule has 2 atom stereocenters. The number of carbonyl (C=O) groups excluding carboxylic acids is 2. The van der Waals surface area contributed by atoms with E-state index in [1.807, 2.05) is 6.92 Å². The molecule has 1 aromatic rings. The third-order valence-corrected chi connectivity index (χ3v) is 3.51. The predicted molar refractivity (Wildman–Crippen MR) is 79.3 cm³/mol. The van der Waals surface area contributed by atoms with Gasteiger partial charge in [-0.15, -0.1) is 0 Å². The third kappa shape index (κ3) is 3.44. The fourth-order valence-corrected chi connectivity index (χ4v) is 2.36. The Balaban J connectivity index is 2.26. The molecular weight excluding hydrogens is 287 g/mol. The summed E-state index contributed by atoms with van der Waals surface area (Å²) in [5.74, 6) is -1.89. The number of benzene rings is 1. The third-order valence-electron chi connectivity index (χ3n) is 3.51. The Hall–Kier alpha value is -2.37. The molecule has 6 heteroatoms. The van der Waals surface area contributed by atoms with Crippen LogP contribution in [0.25, 0.3) is 0 Å². The lowest BCUT2D eigenvalue weighted by Gasteiger charge is -2.33. The SMILES string of the molecule is C=C1NC(=O)N[C@H](c2ccccc2F)[C@H]1C(=O)OCCCC. The molecule has 1 aliphatic heterocycles. The number of urea groups is 1. The quantitative estimate of drug-likeness (QED) is 0.649. The highest BCUT2D eigenvalue weighted by atomic mass is 19.1. The number of carbonyl (C=O) groups is 2. The van der Waals surface area contributed by atoms with Crippen LogP contribution in [0.5, 0.6) is 0 Å². The first-order valence-corrected chi connectivity index (χ1v) is 7.22. The van der Waals surface area contributed by atoms with E-state index < -0.39 is 29.8 Å². The van der Waals surface area contributed by atoms with Gasteiger partial charge >= 0.3 is 12.0 Å². The van der Waals surface area contributed by atoms with E-state index in [2.05, 4.69) is 17.2 Å². The number of unbranched alkanes of at least 4 members (excludes halogenated alkanes) is 1. The van der Waals surface area contributed by atoms with E-state index in [1.165, 1.54) is 12.1 Å². The van der Waals surface area contributed by atoms with Gasteiger partial charge in [0.1, 0.15) is 11.7 Å². The maximum atomic E-state index is 14.0. The Kier molecular flexibility index (Phi) is 5.14. The first-order chi connectivity index (χ1) is 10.5. The van der Waals surface area contributed by atoms with Gasteiger partial charge in [-0.2, -0.15) is 0 Å². The average Bonchev–Trinajstić information content (AvgIpc) is 2.47. The summed E-state index contributed by atoms with van der Waals surface area (Å²) in [5.41, 5.74) is 0.439.